The number of nitrogens with zero attached hydrogens (tertiary/aromatic N) is 2. The fraction of sp³-hybridized carbons (Fsp3) is 0.412. The lowest BCUT2D eigenvalue weighted by molar-refractivity contribution is -0.140. The molecule has 0 amide bonds. The van der Waals surface area contributed by atoms with Gasteiger partial charge in [-0.1, -0.05) is 31.2 Å². The topological polar surface area (TPSA) is 49.3 Å². The van der Waals surface area contributed by atoms with Gasteiger partial charge in [0, 0.05) is 31.9 Å². The molecular weight excluding hydrogens is 349 g/mol. The van der Waals surface area contributed by atoms with E-state index >= 15 is 0 Å². The van der Waals surface area contributed by atoms with Gasteiger partial charge in [-0.2, -0.15) is 13.2 Å². The molecule has 0 radical (unpaired) electrons. The van der Waals surface area contributed by atoms with E-state index in [4.69, 9.17) is 0 Å². The van der Waals surface area contributed by atoms with Crippen molar-refractivity contribution < 1.29 is 13.2 Å². The predicted molar refractivity (Wildman–Crippen MR) is 94.8 cm³/mol. The zero-order valence-corrected chi connectivity index (χ0v) is 15.0. The summed E-state index contributed by atoms with van der Waals surface area (Å²) in [6.07, 6.45) is -3.02. The standard InChI is InChI=1S/C17H21F3N4S/c1-3-12-6-4-5-7-13(12)10-23-16(21-2)22-9-8-15-24-14(11-25-15)17(18,19)20/h4-7,11H,3,8-10H2,1-2H3,(H2,21,22,23). The minimum Gasteiger partial charge on any atom is -0.356 e. The first-order valence-electron chi connectivity index (χ1n) is 7.97. The molecule has 0 saturated carbocycles. The Kier molecular flexibility index (Phi) is 6.81. The van der Waals surface area contributed by atoms with Crippen LogP contribution in [0, 0.1) is 0 Å². The molecule has 25 heavy (non-hydrogen) atoms. The van der Waals surface area contributed by atoms with Crippen molar-refractivity contribution in [2.45, 2.75) is 32.5 Å². The summed E-state index contributed by atoms with van der Waals surface area (Å²) in [5, 5.41) is 7.81. The summed E-state index contributed by atoms with van der Waals surface area (Å²) in [5.41, 5.74) is 1.64. The number of guanidine groups is 1. The Hall–Kier alpha value is -2.09. The Labute approximate surface area is 149 Å². The van der Waals surface area contributed by atoms with Crippen molar-refractivity contribution in [1.82, 2.24) is 15.6 Å². The lowest BCUT2D eigenvalue weighted by atomic mass is 10.1. The van der Waals surface area contributed by atoms with Crippen LogP contribution in [0.5, 0.6) is 0 Å². The summed E-state index contributed by atoms with van der Waals surface area (Å²) in [5.74, 6) is 0.610. The van der Waals surface area contributed by atoms with Crippen LogP contribution >= 0.6 is 11.3 Å². The SMILES string of the molecule is CCc1ccccc1CNC(=NC)NCCc1nc(C(F)(F)F)cs1. The first kappa shape index (κ1) is 19.2. The van der Waals surface area contributed by atoms with Crippen LogP contribution in [0.2, 0.25) is 0 Å². The van der Waals surface area contributed by atoms with Crippen molar-refractivity contribution in [3.05, 3.63) is 51.5 Å². The highest BCUT2D eigenvalue weighted by atomic mass is 32.1. The van der Waals surface area contributed by atoms with Gasteiger partial charge >= 0.3 is 6.18 Å². The highest BCUT2D eigenvalue weighted by Gasteiger charge is 2.33. The fourth-order valence-corrected chi connectivity index (χ4v) is 3.12. The zero-order valence-electron chi connectivity index (χ0n) is 14.2. The first-order chi connectivity index (χ1) is 11.9. The van der Waals surface area contributed by atoms with Crippen molar-refractivity contribution in [3.8, 4) is 0 Å². The lowest BCUT2D eigenvalue weighted by Gasteiger charge is -2.13. The molecule has 0 bridgehead atoms. The number of rotatable bonds is 6. The van der Waals surface area contributed by atoms with E-state index in [0.717, 1.165) is 23.1 Å². The molecule has 0 saturated heterocycles. The number of benzene rings is 1. The van der Waals surface area contributed by atoms with E-state index in [0.29, 0.717) is 30.5 Å². The van der Waals surface area contributed by atoms with Crippen LogP contribution in [-0.4, -0.2) is 24.5 Å². The highest BCUT2D eigenvalue weighted by Crippen LogP contribution is 2.29. The van der Waals surface area contributed by atoms with Crippen LogP contribution in [0.1, 0.15) is 28.8 Å². The molecule has 1 aromatic carbocycles. The number of thiazole rings is 1. The van der Waals surface area contributed by atoms with Gasteiger partial charge in [-0.25, -0.2) is 4.98 Å². The predicted octanol–water partition coefficient (Wildman–Crippen LogP) is 3.63. The number of hydrogen-bond donors (Lipinski definition) is 2. The molecule has 2 N–H and O–H groups in total. The Morgan fingerprint density at radius 2 is 1.92 bits per heavy atom. The van der Waals surface area contributed by atoms with Gasteiger partial charge in [0.2, 0.25) is 0 Å². The molecule has 0 atom stereocenters. The summed E-state index contributed by atoms with van der Waals surface area (Å²) < 4.78 is 37.6. The first-order valence-corrected chi connectivity index (χ1v) is 8.85. The molecule has 1 aromatic heterocycles. The average Bonchev–Trinajstić information content (AvgIpc) is 3.07. The zero-order chi connectivity index (χ0) is 18.3. The van der Waals surface area contributed by atoms with E-state index in [1.807, 2.05) is 12.1 Å². The van der Waals surface area contributed by atoms with Crippen molar-refractivity contribution >= 4 is 17.3 Å². The molecule has 2 rings (SSSR count). The lowest BCUT2D eigenvalue weighted by Crippen LogP contribution is -2.38. The number of aryl methyl sites for hydroxylation is 1. The van der Waals surface area contributed by atoms with Gasteiger partial charge in [-0.3, -0.25) is 4.99 Å². The Balaban J connectivity index is 1.82. The number of alkyl halides is 3. The van der Waals surface area contributed by atoms with E-state index in [2.05, 4.69) is 39.7 Å². The molecular formula is C17H21F3N4S. The maximum atomic E-state index is 12.5. The molecule has 136 valence electrons. The molecule has 0 aliphatic carbocycles. The second-order valence-electron chi connectivity index (χ2n) is 5.35. The van der Waals surface area contributed by atoms with Crippen LogP contribution in [0.25, 0.3) is 0 Å². The molecule has 4 nitrogen and oxygen atoms in total. The monoisotopic (exact) mass is 370 g/mol. The molecule has 0 aliphatic heterocycles. The molecule has 0 aliphatic rings. The van der Waals surface area contributed by atoms with Crippen molar-refractivity contribution in [3.63, 3.8) is 0 Å². The molecule has 0 unspecified atom stereocenters. The molecule has 1 heterocycles. The smallest absolute Gasteiger partial charge is 0.356 e. The van der Waals surface area contributed by atoms with Gasteiger partial charge in [-0.05, 0) is 17.5 Å². The van der Waals surface area contributed by atoms with Gasteiger partial charge < -0.3 is 10.6 Å². The van der Waals surface area contributed by atoms with Crippen LogP contribution in [-0.2, 0) is 25.6 Å². The van der Waals surface area contributed by atoms with E-state index in [9.17, 15) is 13.2 Å². The summed E-state index contributed by atoms with van der Waals surface area (Å²) in [6, 6.07) is 8.16. The maximum absolute atomic E-state index is 12.5. The van der Waals surface area contributed by atoms with Crippen molar-refractivity contribution in [2.24, 2.45) is 4.99 Å². The summed E-state index contributed by atoms with van der Waals surface area (Å²) in [6.45, 7) is 3.20. The average molecular weight is 370 g/mol. The number of nitrogens with one attached hydrogen (secondary N) is 2. The van der Waals surface area contributed by atoms with Gasteiger partial charge in [-0.15, -0.1) is 11.3 Å². The normalized spacial score (nSPS) is 12.3. The summed E-state index contributed by atoms with van der Waals surface area (Å²) in [4.78, 5) is 7.75. The number of aromatic nitrogens is 1. The quantitative estimate of drug-likeness (QED) is 0.603. The van der Waals surface area contributed by atoms with Crippen LogP contribution < -0.4 is 10.6 Å². The molecule has 2 aromatic rings. The minimum absolute atomic E-state index is 0.410. The van der Waals surface area contributed by atoms with E-state index in [1.165, 1.54) is 11.1 Å². The number of halogens is 3. The van der Waals surface area contributed by atoms with E-state index in [1.54, 1.807) is 7.05 Å². The summed E-state index contributed by atoms with van der Waals surface area (Å²) >= 11 is 1.02. The van der Waals surface area contributed by atoms with Gasteiger partial charge in [0.1, 0.15) is 0 Å². The van der Waals surface area contributed by atoms with Crippen LogP contribution in [0.15, 0.2) is 34.6 Å². The third-order valence-corrected chi connectivity index (χ3v) is 4.55. The third-order valence-electron chi connectivity index (χ3n) is 3.64. The summed E-state index contributed by atoms with van der Waals surface area (Å²) in [7, 11) is 1.66. The third kappa shape index (κ3) is 5.74. The molecule has 0 fully saturated rings. The van der Waals surface area contributed by atoms with E-state index < -0.39 is 11.9 Å². The number of aliphatic imine (C=N–C) groups is 1. The van der Waals surface area contributed by atoms with Crippen molar-refractivity contribution in [1.29, 1.82) is 0 Å². The number of hydrogen-bond acceptors (Lipinski definition) is 3. The van der Waals surface area contributed by atoms with Crippen molar-refractivity contribution in [2.75, 3.05) is 13.6 Å². The Morgan fingerprint density at radius 3 is 2.52 bits per heavy atom. The van der Waals surface area contributed by atoms with Gasteiger partial charge in [0.25, 0.3) is 0 Å². The largest absolute Gasteiger partial charge is 0.434 e. The van der Waals surface area contributed by atoms with Gasteiger partial charge in [0.05, 0.1) is 5.01 Å². The fourth-order valence-electron chi connectivity index (χ4n) is 2.32. The Bertz CT molecular complexity index is 710. The molecule has 0 spiro atoms. The maximum Gasteiger partial charge on any atom is 0.434 e. The van der Waals surface area contributed by atoms with Crippen LogP contribution in [0.3, 0.4) is 0 Å². The second kappa shape index (κ2) is 8.84. The molecule has 8 heteroatoms. The van der Waals surface area contributed by atoms with Crippen LogP contribution in [0.4, 0.5) is 13.2 Å². The second-order valence-corrected chi connectivity index (χ2v) is 6.29. The van der Waals surface area contributed by atoms with E-state index in [-0.39, 0.29) is 0 Å². The Morgan fingerprint density at radius 1 is 1.20 bits per heavy atom. The highest BCUT2D eigenvalue weighted by molar-refractivity contribution is 7.09. The minimum atomic E-state index is -4.38. The van der Waals surface area contributed by atoms with Gasteiger partial charge in [0.15, 0.2) is 11.7 Å².